The summed E-state index contributed by atoms with van der Waals surface area (Å²) in [6.07, 6.45) is 1.10. The van der Waals surface area contributed by atoms with Crippen molar-refractivity contribution in [2.45, 2.75) is 25.3 Å². The summed E-state index contributed by atoms with van der Waals surface area (Å²) in [5.41, 5.74) is 0.589. The number of imide groups is 1. The van der Waals surface area contributed by atoms with E-state index in [-0.39, 0.29) is 6.54 Å². The average molecular weight is 381 g/mol. The van der Waals surface area contributed by atoms with Gasteiger partial charge >= 0.3 is 6.03 Å². The number of aryl methyl sites for hydroxylation is 1. The molecule has 4 amide bonds. The van der Waals surface area contributed by atoms with E-state index in [4.69, 9.17) is 4.74 Å². The van der Waals surface area contributed by atoms with E-state index in [9.17, 15) is 14.4 Å². The molecule has 28 heavy (non-hydrogen) atoms. The Bertz CT molecular complexity index is 884. The molecule has 1 aliphatic heterocycles. The van der Waals surface area contributed by atoms with Gasteiger partial charge in [-0.25, -0.2) is 4.79 Å². The van der Waals surface area contributed by atoms with Crippen LogP contribution in [0.2, 0.25) is 0 Å². The van der Waals surface area contributed by atoms with Gasteiger partial charge in [0, 0.05) is 11.8 Å². The summed E-state index contributed by atoms with van der Waals surface area (Å²) in [5, 5.41) is 5.40. The second-order valence-electron chi connectivity index (χ2n) is 6.92. The molecule has 0 bridgehead atoms. The van der Waals surface area contributed by atoms with E-state index < -0.39 is 23.4 Å². The zero-order chi connectivity index (χ0) is 20.1. The number of nitrogens with zero attached hydrogens (tertiary/aromatic N) is 1. The van der Waals surface area contributed by atoms with Crippen molar-refractivity contribution in [1.82, 2.24) is 10.2 Å². The first-order chi connectivity index (χ1) is 13.4. The lowest BCUT2D eigenvalue weighted by molar-refractivity contribution is -0.133. The standard InChI is InChI=1S/C21H23N3O4/c1-21(12-11-15-7-4-3-5-8-15)19(26)24(20(27)23-21)14-18(25)22-16-9-6-10-17(13-16)28-2/h3-10,13H,11-12,14H2,1-2H3,(H,22,25)(H,23,27)/t21-/m1/s1. The number of nitrogens with one attached hydrogen (secondary N) is 2. The number of carbonyl (C=O) groups excluding carboxylic acids is 3. The Labute approximate surface area is 163 Å². The molecular formula is C21H23N3O4. The predicted molar refractivity (Wildman–Crippen MR) is 105 cm³/mol. The SMILES string of the molecule is COc1cccc(NC(=O)CN2C(=O)N[C@](C)(CCc3ccccc3)C2=O)c1. The molecular weight excluding hydrogens is 358 g/mol. The van der Waals surface area contributed by atoms with Crippen LogP contribution in [0.4, 0.5) is 10.5 Å². The van der Waals surface area contributed by atoms with Crippen molar-refractivity contribution < 1.29 is 19.1 Å². The maximum atomic E-state index is 12.8. The Kier molecular flexibility index (Phi) is 5.63. The minimum absolute atomic E-state index is 0.344. The first kappa shape index (κ1) is 19.4. The molecule has 1 aliphatic rings. The van der Waals surface area contributed by atoms with Crippen LogP contribution < -0.4 is 15.4 Å². The van der Waals surface area contributed by atoms with Crippen molar-refractivity contribution in [2.24, 2.45) is 0 Å². The highest BCUT2D eigenvalue weighted by Gasteiger charge is 2.47. The van der Waals surface area contributed by atoms with Crippen molar-refractivity contribution in [3.05, 3.63) is 60.2 Å². The van der Waals surface area contributed by atoms with Gasteiger partial charge in [0.05, 0.1) is 7.11 Å². The van der Waals surface area contributed by atoms with Gasteiger partial charge in [-0.05, 0) is 37.5 Å². The number of rotatable bonds is 7. The number of anilines is 1. The number of urea groups is 1. The van der Waals surface area contributed by atoms with Crippen molar-refractivity contribution in [2.75, 3.05) is 19.0 Å². The number of methoxy groups -OCH3 is 1. The van der Waals surface area contributed by atoms with E-state index in [1.54, 1.807) is 31.2 Å². The summed E-state index contributed by atoms with van der Waals surface area (Å²) < 4.78 is 5.11. The summed E-state index contributed by atoms with van der Waals surface area (Å²) in [6.45, 7) is 1.35. The molecule has 146 valence electrons. The van der Waals surface area contributed by atoms with E-state index in [0.717, 1.165) is 10.5 Å². The molecule has 2 aromatic rings. The van der Waals surface area contributed by atoms with Gasteiger partial charge in [-0.3, -0.25) is 14.5 Å². The van der Waals surface area contributed by atoms with Crippen LogP contribution >= 0.6 is 0 Å². The van der Waals surface area contributed by atoms with Crippen LogP contribution in [0.1, 0.15) is 18.9 Å². The van der Waals surface area contributed by atoms with Crippen molar-refractivity contribution in [1.29, 1.82) is 0 Å². The van der Waals surface area contributed by atoms with Gasteiger partial charge in [-0.2, -0.15) is 0 Å². The molecule has 1 fully saturated rings. The van der Waals surface area contributed by atoms with E-state index in [0.29, 0.717) is 24.3 Å². The van der Waals surface area contributed by atoms with Gasteiger partial charge in [0.15, 0.2) is 0 Å². The summed E-state index contributed by atoms with van der Waals surface area (Å²) >= 11 is 0. The highest BCUT2D eigenvalue weighted by molar-refractivity contribution is 6.09. The van der Waals surface area contributed by atoms with Crippen LogP contribution in [-0.2, 0) is 16.0 Å². The molecule has 2 aromatic carbocycles. The first-order valence-corrected chi connectivity index (χ1v) is 9.03. The molecule has 1 saturated heterocycles. The normalized spacial score (nSPS) is 18.7. The Hall–Kier alpha value is -3.35. The number of amides is 4. The van der Waals surface area contributed by atoms with Crippen LogP contribution in [0.25, 0.3) is 0 Å². The smallest absolute Gasteiger partial charge is 0.325 e. The third-order valence-corrected chi connectivity index (χ3v) is 4.76. The molecule has 0 radical (unpaired) electrons. The number of ether oxygens (including phenoxy) is 1. The average Bonchev–Trinajstić information content (AvgIpc) is 2.91. The molecule has 0 spiro atoms. The summed E-state index contributed by atoms with van der Waals surface area (Å²) in [5.74, 6) is -0.250. The largest absolute Gasteiger partial charge is 0.497 e. The molecule has 7 heteroatoms. The van der Waals surface area contributed by atoms with Crippen LogP contribution in [0.5, 0.6) is 5.75 Å². The predicted octanol–water partition coefficient (Wildman–Crippen LogP) is 2.58. The van der Waals surface area contributed by atoms with Crippen LogP contribution in [-0.4, -0.2) is 41.9 Å². The van der Waals surface area contributed by atoms with Gasteiger partial charge < -0.3 is 15.4 Å². The van der Waals surface area contributed by atoms with Crippen molar-refractivity contribution >= 4 is 23.5 Å². The second-order valence-corrected chi connectivity index (χ2v) is 6.92. The van der Waals surface area contributed by atoms with Gasteiger partial charge in [0.2, 0.25) is 5.91 Å². The van der Waals surface area contributed by atoms with Crippen LogP contribution in [0, 0.1) is 0 Å². The quantitative estimate of drug-likeness (QED) is 0.722. The minimum Gasteiger partial charge on any atom is -0.497 e. The number of benzene rings is 2. The van der Waals surface area contributed by atoms with Crippen molar-refractivity contribution in [3.63, 3.8) is 0 Å². The highest BCUT2D eigenvalue weighted by Crippen LogP contribution is 2.23. The molecule has 0 aliphatic carbocycles. The van der Waals surface area contributed by atoms with E-state index >= 15 is 0 Å². The fourth-order valence-electron chi connectivity index (χ4n) is 3.14. The molecule has 0 saturated carbocycles. The molecule has 0 aromatic heterocycles. The Morgan fingerprint density at radius 1 is 1.14 bits per heavy atom. The zero-order valence-electron chi connectivity index (χ0n) is 15.9. The molecule has 1 atom stereocenters. The first-order valence-electron chi connectivity index (χ1n) is 9.03. The van der Waals surface area contributed by atoms with E-state index in [2.05, 4.69) is 10.6 Å². The number of carbonyl (C=O) groups is 3. The fourth-order valence-corrected chi connectivity index (χ4v) is 3.14. The van der Waals surface area contributed by atoms with Crippen molar-refractivity contribution in [3.8, 4) is 5.75 Å². The van der Waals surface area contributed by atoms with Gasteiger partial charge in [0.1, 0.15) is 17.8 Å². The third kappa shape index (κ3) is 4.31. The fraction of sp³-hybridized carbons (Fsp3) is 0.286. The van der Waals surface area contributed by atoms with Gasteiger partial charge in [0.25, 0.3) is 5.91 Å². The summed E-state index contributed by atoms with van der Waals surface area (Å²) in [6, 6.07) is 16.0. The Morgan fingerprint density at radius 3 is 2.61 bits per heavy atom. The molecule has 7 nitrogen and oxygen atoms in total. The molecule has 3 rings (SSSR count). The lowest BCUT2D eigenvalue weighted by Gasteiger charge is -2.21. The van der Waals surface area contributed by atoms with Gasteiger partial charge in [-0.1, -0.05) is 36.4 Å². The van der Waals surface area contributed by atoms with E-state index in [1.807, 2.05) is 30.3 Å². The Balaban J connectivity index is 1.61. The molecule has 2 N–H and O–H groups in total. The number of hydrogen-bond acceptors (Lipinski definition) is 4. The summed E-state index contributed by atoms with van der Waals surface area (Å²) in [4.78, 5) is 38.4. The third-order valence-electron chi connectivity index (χ3n) is 4.76. The maximum Gasteiger partial charge on any atom is 0.325 e. The lowest BCUT2D eigenvalue weighted by atomic mass is 9.93. The van der Waals surface area contributed by atoms with Crippen LogP contribution in [0.15, 0.2) is 54.6 Å². The Morgan fingerprint density at radius 2 is 1.89 bits per heavy atom. The second kappa shape index (κ2) is 8.12. The highest BCUT2D eigenvalue weighted by atomic mass is 16.5. The van der Waals surface area contributed by atoms with Crippen LogP contribution in [0.3, 0.4) is 0 Å². The lowest BCUT2D eigenvalue weighted by Crippen LogP contribution is -2.45. The zero-order valence-corrected chi connectivity index (χ0v) is 15.9. The van der Waals surface area contributed by atoms with E-state index in [1.165, 1.54) is 7.11 Å². The number of hydrogen-bond donors (Lipinski definition) is 2. The molecule has 0 unspecified atom stereocenters. The molecule has 1 heterocycles. The minimum atomic E-state index is -1.02. The summed E-state index contributed by atoms with van der Waals surface area (Å²) in [7, 11) is 1.53. The maximum absolute atomic E-state index is 12.8. The van der Waals surface area contributed by atoms with Gasteiger partial charge in [-0.15, -0.1) is 0 Å². The topological polar surface area (TPSA) is 87.7 Å². The monoisotopic (exact) mass is 381 g/mol.